The minimum absolute atomic E-state index is 0.105. The van der Waals surface area contributed by atoms with Crippen LogP contribution in [0.5, 0.6) is 0 Å². The van der Waals surface area contributed by atoms with Gasteiger partial charge < -0.3 is 0 Å². The predicted molar refractivity (Wildman–Crippen MR) is 97.0 cm³/mol. The summed E-state index contributed by atoms with van der Waals surface area (Å²) in [6, 6.07) is 11.4. The highest BCUT2D eigenvalue weighted by molar-refractivity contribution is 9.10. The number of hydrogen-bond acceptors (Lipinski definition) is 4. The molecule has 0 saturated heterocycles. The van der Waals surface area contributed by atoms with E-state index in [0.717, 1.165) is 34.9 Å². The van der Waals surface area contributed by atoms with Gasteiger partial charge in [-0.2, -0.15) is 0 Å². The lowest BCUT2D eigenvalue weighted by molar-refractivity contribution is 0.639. The summed E-state index contributed by atoms with van der Waals surface area (Å²) in [4.78, 5) is 9.43. The van der Waals surface area contributed by atoms with Gasteiger partial charge >= 0.3 is 0 Å². The first kappa shape index (κ1) is 15.5. The molecule has 5 nitrogen and oxygen atoms in total. The van der Waals surface area contributed by atoms with Crippen molar-refractivity contribution in [1.82, 2.24) is 19.7 Å². The van der Waals surface area contributed by atoms with Crippen molar-refractivity contribution < 1.29 is 0 Å². The molecule has 0 bridgehead atoms. The molecule has 1 aliphatic rings. The summed E-state index contributed by atoms with van der Waals surface area (Å²) in [5.41, 5.74) is 3.48. The van der Waals surface area contributed by atoms with Gasteiger partial charge in [0.1, 0.15) is 6.04 Å². The molecule has 0 amide bonds. The highest BCUT2D eigenvalue weighted by atomic mass is 79.9. The van der Waals surface area contributed by atoms with Crippen LogP contribution in [0, 0.1) is 0 Å². The highest BCUT2D eigenvalue weighted by Gasteiger charge is 2.28. The average Bonchev–Trinajstić information content (AvgIpc) is 2.91. The number of nitrogens with zero attached hydrogens (tertiary/aromatic N) is 5. The molecular weight excluding hydrogens is 390 g/mol. The van der Waals surface area contributed by atoms with E-state index in [1.807, 2.05) is 41.0 Å². The molecule has 120 valence electrons. The van der Waals surface area contributed by atoms with E-state index in [-0.39, 0.29) is 6.04 Å². The maximum Gasteiger partial charge on any atom is 0.204 e. The first-order chi connectivity index (χ1) is 11.7. The molecule has 1 aromatic carbocycles. The number of halogens is 2. The van der Waals surface area contributed by atoms with E-state index in [2.05, 4.69) is 38.0 Å². The van der Waals surface area contributed by atoms with Crippen LogP contribution < -0.4 is 0 Å². The van der Waals surface area contributed by atoms with E-state index in [9.17, 15) is 0 Å². The largest absolute Gasteiger partial charge is 0.271 e. The Kier molecular flexibility index (Phi) is 3.94. The van der Waals surface area contributed by atoms with Crippen LogP contribution in [-0.4, -0.2) is 25.5 Å². The molecule has 1 unspecified atom stereocenters. The average molecular weight is 403 g/mol. The first-order valence-corrected chi connectivity index (χ1v) is 8.76. The van der Waals surface area contributed by atoms with Crippen LogP contribution in [0.1, 0.15) is 36.5 Å². The second kappa shape index (κ2) is 6.11. The predicted octanol–water partition coefficient (Wildman–Crippen LogP) is 4.38. The molecule has 0 radical (unpaired) electrons. The van der Waals surface area contributed by atoms with Gasteiger partial charge in [0.25, 0.3) is 0 Å². The molecule has 3 aromatic rings. The van der Waals surface area contributed by atoms with E-state index in [1.54, 1.807) is 6.20 Å². The number of benzene rings is 1. The van der Waals surface area contributed by atoms with Crippen LogP contribution in [-0.2, 0) is 0 Å². The van der Waals surface area contributed by atoms with Crippen molar-refractivity contribution in [3.63, 3.8) is 0 Å². The van der Waals surface area contributed by atoms with E-state index in [4.69, 9.17) is 16.6 Å². The number of fused-ring (bicyclic) bond motifs is 3. The normalized spacial score (nSPS) is 16.1. The van der Waals surface area contributed by atoms with Gasteiger partial charge in [-0.25, -0.2) is 0 Å². The molecule has 1 atom stereocenters. The second-order valence-electron chi connectivity index (χ2n) is 5.44. The number of aromatic nitrogens is 4. The van der Waals surface area contributed by atoms with Crippen LogP contribution in [0.15, 0.2) is 52.3 Å². The fraction of sp³-hybridized carbons (Fsp3) is 0.176. The van der Waals surface area contributed by atoms with E-state index < -0.39 is 0 Å². The number of hydrogen-bond donors (Lipinski definition) is 0. The first-order valence-electron chi connectivity index (χ1n) is 7.59. The summed E-state index contributed by atoms with van der Waals surface area (Å²) < 4.78 is 2.64. The molecule has 7 heteroatoms. The quantitative estimate of drug-likeness (QED) is 0.639. The Labute approximate surface area is 152 Å². The second-order valence-corrected chi connectivity index (χ2v) is 6.59. The third-order valence-electron chi connectivity index (χ3n) is 3.98. The van der Waals surface area contributed by atoms with Crippen molar-refractivity contribution in [3.05, 3.63) is 69.4 Å². The smallest absolute Gasteiger partial charge is 0.204 e. The topological polar surface area (TPSA) is 56.0 Å². The zero-order valence-corrected chi connectivity index (χ0v) is 15.2. The molecule has 0 aliphatic carbocycles. The summed E-state index contributed by atoms with van der Waals surface area (Å²) >= 11 is 9.76. The Bertz CT molecular complexity index is 935. The van der Waals surface area contributed by atoms with Crippen molar-refractivity contribution >= 4 is 33.2 Å². The lowest BCUT2D eigenvalue weighted by Crippen LogP contribution is -2.09. The summed E-state index contributed by atoms with van der Waals surface area (Å²) in [5, 5.41) is 9.14. The molecule has 2 aromatic heterocycles. The van der Waals surface area contributed by atoms with Crippen LogP contribution in [0.4, 0.5) is 0 Å². The molecule has 0 spiro atoms. The molecule has 24 heavy (non-hydrogen) atoms. The summed E-state index contributed by atoms with van der Waals surface area (Å²) in [5.74, 6) is 0.805. The van der Waals surface area contributed by atoms with Crippen molar-refractivity contribution in [3.8, 4) is 5.69 Å². The van der Waals surface area contributed by atoms with Crippen molar-refractivity contribution in [1.29, 1.82) is 0 Å². The van der Waals surface area contributed by atoms with E-state index in [1.165, 1.54) is 0 Å². The Balaban J connectivity index is 2.06. The third-order valence-corrected chi connectivity index (χ3v) is 4.73. The SMILES string of the molecule is CCC1N=C(c2ccccn2)c2cc(Cl)ccc2-n2c(Br)nnc21. The summed E-state index contributed by atoms with van der Waals surface area (Å²) in [6.07, 6.45) is 2.58. The van der Waals surface area contributed by atoms with Gasteiger partial charge in [0.2, 0.25) is 4.73 Å². The van der Waals surface area contributed by atoms with E-state index in [0.29, 0.717) is 9.76 Å². The summed E-state index contributed by atoms with van der Waals surface area (Å²) in [6.45, 7) is 2.08. The fourth-order valence-corrected chi connectivity index (χ4v) is 3.50. The van der Waals surface area contributed by atoms with Crippen LogP contribution in [0.25, 0.3) is 5.69 Å². The highest BCUT2D eigenvalue weighted by Crippen LogP contribution is 2.34. The maximum absolute atomic E-state index is 6.27. The van der Waals surface area contributed by atoms with Gasteiger partial charge in [-0.3, -0.25) is 14.5 Å². The van der Waals surface area contributed by atoms with Crippen molar-refractivity contribution in [2.45, 2.75) is 19.4 Å². The molecule has 0 fully saturated rings. The lowest BCUT2D eigenvalue weighted by atomic mass is 10.0. The minimum atomic E-state index is -0.105. The zero-order valence-electron chi connectivity index (χ0n) is 12.8. The Morgan fingerprint density at radius 2 is 2.08 bits per heavy atom. The third kappa shape index (κ3) is 2.46. The van der Waals surface area contributed by atoms with Gasteiger partial charge in [0.15, 0.2) is 5.82 Å². The lowest BCUT2D eigenvalue weighted by Gasteiger charge is -2.12. The van der Waals surface area contributed by atoms with Crippen molar-refractivity contribution in [2.24, 2.45) is 4.99 Å². The monoisotopic (exact) mass is 401 g/mol. The molecule has 1 aliphatic heterocycles. The standard InChI is InChI=1S/C17H13BrClN5/c1-2-12-16-22-23-17(18)24(16)14-7-6-10(19)9-11(14)15(21-12)13-5-3-4-8-20-13/h3-9,12H,2H2,1H3. The molecule has 0 N–H and O–H groups in total. The number of aliphatic imine (C=N–C) groups is 1. The van der Waals surface area contributed by atoms with E-state index >= 15 is 0 Å². The van der Waals surface area contributed by atoms with Gasteiger partial charge in [-0.05, 0) is 52.7 Å². The van der Waals surface area contributed by atoms with Gasteiger partial charge in [0.05, 0.1) is 17.1 Å². The summed E-state index contributed by atoms with van der Waals surface area (Å²) in [7, 11) is 0. The van der Waals surface area contributed by atoms with Gasteiger partial charge in [0, 0.05) is 16.8 Å². The van der Waals surface area contributed by atoms with Crippen LogP contribution >= 0.6 is 27.5 Å². The van der Waals surface area contributed by atoms with Crippen molar-refractivity contribution in [2.75, 3.05) is 0 Å². The Morgan fingerprint density at radius 3 is 2.83 bits per heavy atom. The Hall–Kier alpha value is -2.05. The fourth-order valence-electron chi connectivity index (χ4n) is 2.87. The molecule has 0 saturated carbocycles. The zero-order chi connectivity index (χ0) is 16.7. The molecule has 4 rings (SSSR count). The van der Waals surface area contributed by atoms with Gasteiger partial charge in [-0.1, -0.05) is 24.6 Å². The molecular formula is C17H13BrClN5. The molecule has 3 heterocycles. The van der Waals surface area contributed by atoms with Gasteiger partial charge in [-0.15, -0.1) is 10.2 Å². The number of rotatable bonds is 2. The Morgan fingerprint density at radius 1 is 1.21 bits per heavy atom. The van der Waals surface area contributed by atoms with Crippen LogP contribution in [0.3, 0.4) is 0 Å². The number of pyridine rings is 1. The minimum Gasteiger partial charge on any atom is -0.271 e. The maximum atomic E-state index is 6.27. The van der Waals surface area contributed by atoms with Crippen LogP contribution in [0.2, 0.25) is 5.02 Å².